The molecule has 3 heterocycles. The molecule has 5 nitrogen and oxygen atoms in total. The summed E-state index contributed by atoms with van der Waals surface area (Å²) in [6.07, 6.45) is 8.37. The fourth-order valence-corrected chi connectivity index (χ4v) is 3.24. The van der Waals surface area contributed by atoms with Gasteiger partial charge in [0.25, 0.3) is 0 Å². The van der Waals surface area contributed by atoms with Crippen molar-refractivity contribution < 1.29 is 14.1 Å². The minimum Gasteiger partial charge on any atom is -0.425 e. The van der Waals surface area contributed by atoms with Gasteiger partial charge in [-0.25, -0.2) is 0 Å². The number of hydrogen-bond donors (Lipinski definition) is 0. The van der Waals surface area contributed by atoms with E-state index in [4.69, 9.17) is 14.1 Å². The zero-order chi connectivity index (χ0) is 16.5. The Kier molecular flexibility index (Phi) is 4.86. The standard InChI is InChI=1S/C17H29BN2O3/c1-16(2)13-18(23-17(16,3)4)14-11-19-20(12-14)8-10-22-15-7-5-6-9-21-15/h11-12,15H,5-10,13H2,1-4H3. The summed E-state index contributed by atoms with van der Waals surface area (Å²) >= 11 is 0. The van der Waals surface area contributed by atoms with Crippen LogP contribution in [0.25, 0.3) is 0 Å². The molecule has 23 heavy (non-hydrogen) atoms. The average molecular weight is 320 g/mol. The maximum absolute atomic E-state index is 6.26. The number of nitrogens with zero attached hydrogens (tertiary/aromatic N) is 2. The predicted octanol–water partition coefficient (Wildman–Crippen LogP) is 2.46. The molecule has 0 saturated carbocycles. The highest BCUT2D eigenvalue weighted by Crippen LogP contribution is 2.44. The van der Waals surface area contributed by atoms with Crippen LogP contribution in [0.3, 0.4) is 0 Å². The highest BCUT2D eigenvalue weighted by molar-refractivity contribution is 6.68. The number of aromatic nitrogens is 2. The van der Waals surface area contributed by atoms with E-state index in [0.29, 0.717) is 6.61 Å². The number of hydrogen-bond acceptors (Lipinski definition) is 4. The van der Waals surface area contributed by atoms with Crippen molar-refractivity contribution in [3.8, 4) is 0 Å². The quantitative estimate of drug-likeness (QED) is 0.782. The van der Waals surface area contributed by atoms with Gasteiger partial charge in [-0.1, -0.05) is 13.8 Å². The second kappa shape index (κ2) is 6.57. The Hall–Kier alpha value is -0.845. The lowest BCUT2D eigenvalue weighted by Crippen LogP contribution is -2.35. The molecule has 1 aromatic heterocycles. The molecule has 3 rings (SSSR count). The van der Waals surface area contributed by atoms with Crippen LogP contribution in [0.1, 0.15) is 47.0 Å². The summed E-state index contributed by atoms with van der Waals surface area (Å²) in [5.41, 5.74) is 1.22. The maximum Gasteiger partial charge on any atom is 0.331 e. The normalized spacial score (nSPS) is 26.6. The Morgan fingerprint density at radius 2 is 2.17 bits per heavy atom. The molecule has 2 aliphatic rings. The van der Waals surface area contributed by atoms with Crippen LogP contribution < -0.4 is 5.46 Å². The van der Waals surface area contributed by atoms with Gasteiger partial charge < -0.3 is 14.1 Å². The minimum absolute atomic E-state index is 0.0291. The molecule has 0 radical (unpaired) electrons. The molecule has 0 amide bonds. The van der Waals surface area contributed by atoms with Crippen LogP contribution in [0.4, 0.5) is 0 Å². The van der Waals surface area contributed by atoms with Crippen molar-refractivity contribution in [2.75, 3.05) is 13.2 Å². The van der Waals surface area contributed by atoms with Crippen LogP contribution in [-0.4, -0.2) is 41.8 Å². The van der Waals surface area contributed by atoms with Crippen LogP contribution in [0, 0.1) is 5.41 Å². The van der Waals surface area contributed by atoms with Gasteiger partial charge in [0, 0.05) is 19.0 Å². The second-order valence-electron chi connectivity index (χ2n) is 7.91. The van der Waals surface area contributed by atoms with Crippen molar-refractivity contribution in [2.24, 2.45) is 5.41 Å². The highest BCUT2D eigenvalue weighted by Gasteiger charge is 2.50. The average Bonchev–Trinajstić information content (AvgIpc) is 3.03. The Morgan fingerprint density at radius 1 is 1.35 bits per heavy atom. The first-order valence-corrected chi connectivity index (χ1v) is 8.81. The molecule has 0 aromatic carbocycles. The van der Waals surface area contributed by atoms with Crippen LogP contribution in [0.15, 0.2) is 12.4 Å². The molecule has 0 bridgehead atoms. The summed E-state index contributed by atoms with van der Waals surface area (Å²) in [7, 11) is 0. The lowest BCUT2D eigenvalue weighted by Gasteiger charge is -2.34. The van der Waals surface area contributed by atoms with E-state index >= 15 is 0 Å². The minimum atomic E-state index is -0.110. The fraction of sp³-hybridized carbons (Fsp3) is 0.824. The van der Waals surface area contributed by atoms with E-state index in [2.05, 4.69) is 39.0 Å². The van der Waals surface area contributed by atoms with Crippen LogP contribution in [0.2, 0.25) is 6.32 Å². The second-order valence-corrected chi connectivity index (χ2v) is 7.91. The van der Waals surface area contributed by atoms with Gasteiger partial charge in [-0.3, -0.25) is 4.68 Å². The van der Waals surface area contributed by atoms with Crippen molar-refractivity contribution in [3.05, 3.63) is 12.4 Å². The van der Waals surface area contributed by atoms with E-state index in [0.717, 1.165) is 37.8 Å². The predicted molar refractivity (Wildman–Crippen MR) is 90.9 cm³/mol. The molecule has 2 aliphatic heterocycles. The van der Waals surface area contributed by atoms with Crippen molar-refractivity contribution >= 4 is 12.4 Å². The molecule has 0 spiro atoms. The molecule has 2 saturated heterocycles. The Labute approximate surface area is 139 Å². The third-order valence-electron chi connectivity index (χ3n) is 5.55. The van der Waals surface area contributed by atoms with Crippen LogP contribution in [-0.2, 0) is 20.7 Å². The monoisotopic (exact) mass is 320 g/mol. The molecule has 1 unspecified atom stereocenters. The first-order chi connectivity index (χ1) is 10.9. The van der Waals surface area contributed by atoms with Gasteiger partial charge in [0.1, 0.15) is 0 Å². The molecule has 1 aromatic rings. The summed E-state index contributed by atoms with van der Waals surface area (Å²) in [5, 5.41) is 4.45. The van der Waals surface area contributed by atoms with Crippen molar-refractivity contribution in [1.82, 2.24) is 9.78 Å². The van der Waals surface area contributed by atoms with E-state index in [1.54, 1.807) is 0 Å². The highest BCUT2D eigenvalue weighted by atomic mass is 16.7. The molecule has 128 valence electrons. The largest absolute Gasteiger partial charge is 0.425 e. The third kappa shape index (κ3) is 3.81. The van der Waals surface area contributed by atoms with Gasteiger partial charge in [0.2, 0.25) is 0 Å². The summed E-state index contributed by atoms with van der Waals surface area (Å²) in [6.45, 7) is 11.2. The molecular weight excluding hydrogens is 291 g/mol. The number of ether oxygens (including phenoxy) is 2. The maximum atomic E-state index is 6.26. The zero-order valence-electron chi connectivity index (χ0n) is 14.9. The molecule has 2 fully saturated rings. The van der Waals surface area contributed by atoms with Crippen molar-refractivity contribution in [1.29, 1.82) is 0 Å². The van der Waals surface area contributed by atoms with E-state index in [1.807, 2.05) is 10.9 Å². The van der Waals surface area contributed by atoms with Gasteiger partial charge >= 0.3 is 6.92 Å². The lowest BCUT2D eigenvalue weighted by atomic mass is 9.55. The number of rotatable bonds is 5. The summed E-state index contributed by atoms with van der Waals surface area (Å²) in [4.78, 5) is 0. The molecule has 0 aliphatic carbocycles. The Balaban J connectivity index is 1.50. The Bertz CT molecular complexity index is 508. The topological polar surface area (TPSA) is 45.5 Å². The fourth-order valence-electron chi connectivity index (χ4n) is 3.24. The smallest absolute Gasteiger partial charge is 0.331 e. The SMILES string of the molecule is CC1(C)CB(c2cnn(CCOC3CCCCO3)c2)OC1(C)C. The summed E-state index contributed by atoms with van der Waals surface area (Å²) < 4.78 is 19.6. The van der Waals surface area contributed by atoms with Crippen molar-refractivity contribution in [2.45, 2.75) is 71.7 Å². The van der Waals surface area contributed by atoms with Crippen molar-refractivity contribution in [3.63, 3.8) is 0 Å². The van der Waals surface area contributed by atoms with Crippen LogP contribution in [0.5, 0.6) is 0 Å². The van der Waals surface area contributed by atoms with E-state index in [1.165, 1.54) is 6.42 Å². The Morgan fingerprint density at radius 3 is 2.83 bits per heavy atom. The van der Waals surface area contributed by atoms with Gasteiger partial charge in [-0.2, -0.15) is 5.10 Å². The molecule has 1 atom stereocenters. The van der Waals surface area contributed by atoms with Gasteiger partial charge in [-0.05, 0) is 50.3 Å². The first kappa shape index (κ1) is 17.0. The van der Waals surface area contributed by atoms with Crippen LogP contribution >= 0.6 is 0 Å². The third-order valence-corrected chi connectivity index (χ3v) is 5.55. The first-order valence-electron chi connectivity index (χ1n) is 8.81. The van der Waals surface area contributed by atoms with E-state index < -0.39 is 0 Å². The van der Waals surface area contributed by atoms with E-state index in [9.17, 15) is 0 Å². The van der Waals surface area contributed by atoms with Gasteiger partial charge in [0.05, 0.1) is 18.8 Å². The summed E-state index contributed by atoms with van der Waals surface area (Å²) in [5.74, 6) is 0. The molecule has 6 heteroatoms. The van der Waals surface area contributed by atoms with Gasteiger partial charge in [-0.15, -0.1) is 0 Å². The molecule has 0 N–H and O–H groups in total. The van der Waals surface area contributed by atoms with E-state index in [-0.39, 0.29) is 24.2 Å². The zero-order valence-corrected chi connectivity index (χ0v) is 14.9. The lowest BCUT2D eigenvalue weighted by molar-refractivity contribution is -0.163. The summed E-state index contributed by atoms with van der Waals surface area (Å²) in [6, 6.07) is 0. The van der Waals surface area contributed by atoms with Gasteiger partial charge in [0.15, 0.2) is 6.29 Å². The molecular formula is C17H29BN2O3.